The van der Waals surface area contributed by atoms with Gasteiger partial charge < -0.3 is 15.0 Å². The number of para-hydroxylation sites is 2. The van der Waals surface area contributed by atoms with E-state index in [0.717, 1.165) is 12.1 Å². The van der Waals surface area contributed by atoms with Crippen LogP contribution in [0.5, 0.6) is 5.75 Å². The number of anilines is 2. The molecule has 1 aliphatic heterocycles. The molecule has 0 unspecified atom stereocenters. The monoisotopic (exact) mass is 426 g/mol. The Morgan fingerprint density at radius 1 is 1.21 bits per heavy atom. The molecule has 0 saturated carbocycles. The first-order valence-electron chi connectivity index (χ1n) is 8.75. The minimum atomic E-state index is -4.67. The molecule has 0 spiro atoms. The molecule has 0 fully saturated rings. The van der Waals surface area contributed by atoms with E-state index in [4.69, 9.17) is 16.3 Å². The lowest BCUT2D eigenvalue weighted by molar-refractivity contribution is -0.137. The van der Waals surface area contributed by atoms with Crippen molar-refractivity contribution in [2.75, 3.05) is 16.8 Å². The molecule has 1 aliphatic rings. The Morgan fingerprint density at radius 2 is 1.90 bits per heavy atom. The van der Waals surface area contributed by atoms with Gasteiger partial charge in [-0.1, -0.05) is 23.7 Å². The number of halogens is 4. The van der Waals surface area contributed by atoms with Gasteiger partial charge in [-0.2, -0.15) is 13.2 Å². The first kappa shape index (κ1) is 21.0. The Kier molecular flexibility index (Phi) is 5.49. The highest BCUT2D eigenvalue weighted by Crippen LogP contribution is 2.38. The average Bonchev–Trinajstić information content (AvgIpc) is 2.62. The van der Waals surface area contributed by atoms with Gasteiger partial charge in [-0.25, -0.2) is 0 Å². The zero-order chi connectivity index (χ0) is 21.4. The first-order valence-corrected chi connectivity index (χ1v) is 9.13. The third-order valence-corrected chi connectivity index (χ3v) is 4.64. The van der Waals surface area contributed by atoms with E-state index in [1.807, 2.05) is 0 Å². The van der Waals surface area contributed by atoms with Crippen molar-refractivity contribution in [2.45, 2.75) is 32.0 Å². The summed E-state index contributed by atoms with van der Waals surface area (Å²) in [5.74, 6) is -0.506. The zero-order valence-electron chi connectivity index (χ0n) is 15.6. The lowest BCUT2D eigenvalue weighted by Crippen LogP contribution is -2.53. The summed E-state index contributed by atoms with van der Waals surface area (Å²) in [5, 5.41) is 2.17. The van der Waals surface area contributed by atoms with E-state index >= 15 is 0 Å². The summed E-state index contributed by atoms with van der Waals surface area (Å²) >= 11 is 5.64. The molecule has 5 nitrogen and oxygen atoms in total. The first-order chi connectivity index (χ1) is 13.5. The second-order valence-electron chi connectivity index (χ2n) is 7.02. The van der Waals surface area contributed by atoms with Crippen molar-refractivity contribution in [1.82, 2.24) is 0 Å². The molecule has 0 bridgehead atoms. The normalized spacial score (nSPS) is 15.5. The minimum Gasteiger partial charge on any atom is -0.476 e. The Hall–Kier alpha value is -2.74. The van der Waals surface area contributed by atoms with Crippen LogP contribution in [0.2, 0.25) is 5.02 Å². The van der Waals surface area contributed by atoms with E-state index in [-0.39, 0.29) is 29.6 Å². The van der Waals surface area contributed by atoms with Crippen LogP contribution in [0.25, 0.3) is 0 Å². The number of rotatable bonds is 4. The Labute approximate surface area is 170 Å². The highest BCUT2D eigenvalue weighted by molar-refractivity contribution is 6.30. The number of carbonyl (C=O) groups is 2. The molecule has 9 heteroatoms. The van der Waals surface area contributed by atoms with Crippen LogP contribution in [-0.2, 0) is 15.8 Å². The standard InChI is InChI=1S/C20H18ClF3N2O3/c1-19(2)18(28)26(15-5-3-4-6-16(15)29-19)10-9-17(27)25-14-8-7-12(21)11-13(14)20(22,23)24/h3-8,11H,9-10H2,1-2H3,(H,25,27). The summed E-state index contributed by atoms with van der Waals surface area (Å²) in [7, 11) is 0. The van der Waals surface area contributed by atoms with Gasteiger partial charge in [-0.05, 0) is 44.2 Å². The smallest absolute Gasteiger partial charge is 0.418 e. The predicted molar refractivity (Wildman–Crippen MR) is 103 cm³/mol. The van der Waals surface area contributed by atoms with E-state index in [2.05, 4.69) is 5.32 Å². The van der Waals surface area contributed by atoms with E-state index in [1.54, 1.807) is 38.1 Å². The molecule has 2 aromatic rings. The van der Waals surface area contributed by atoms with Gasteiger partial charge in [0.2, 0.25) is 5.91 Å². The van der Waals surface area contributed by atoms with Crippen molar-refractivity contribution in [1.29, 1.82) is 0 Å². The number of alkyl halides is 3. The van der Waals surface area contributed by atoms with Gasteiger partial charge in [0.05, 0.1) is 16.9 Å². The molecule has 0 radical (unpaired) electrons. The number of nitrogens with zero attached hydrogens (tertiary/aromatic N) is 1. The fraction of sp³-hybridized carbons (Fsp3) is 0.300. The number of benzene rings is 2. The maximum Gasteiger partial charge on any atom is 0.418 e. The third kappa shape index (κ3) is 4.48. The quantitative estimate of drug-likeness (QED) is 0.757. The summed E-state index contributed by atoms with van der Waals surface area (Å²) in [4.78, 5) is 26.4. The minimum absolute atomic E-state index is 0.0105. The molecule has 1 heterocycles. The molecule has 154 valence electrons. The van der Waals surface area contributed by atoms with Crippen molar-refractivity contribution in [3.05, 3.63) is 53.1 Å². The maximum atomic E-state index is 13.2. The van der Waals surface area contributed by atoms with Gasteiger partial charge in [-0.15, -0.1) is 0 Å². The van der Waals surface area contributed by atoms with Gasteiger partial charge in [0.15, 0.2) is 5.60 Å². The number of carbonyl (C=O) groups excluding carboxylic acids is 2. The summed E-state index contributed by atoms with van der Waals surface area (Å²) in [6.45, 7) is 3.22. The molecule has 2 amide bonds. The van der Waals surface area contributed by atoms with Gasteiger partial charge in [-0.3, -0.25) is 9.59 Å². The molecular weight excluding hydrogens is 409 g/mol. The molecule has 3 rings (SSSR count). The second kappa shape index (κ2) is 7.59. The van der Waals surface area contributed by atoms with Crippen LogP contribution in [0, 0.1) is 0 Å². The molecule has 0 aromatic heterocycles. The van der Waals surface area contributed by atoms with Gasteiger partial charge in [0, 0.05) is 18.0 Å². The Morgan fingerprint density at radius 3 is 2.59 bits per heavy atom. The van der Waals surface area contributed by atoms with Crippen molar-refractivity contribution >= 4 is 34.8 Å². The van der Waals surface area contributed by atoms with Gasteiger partial charge >= 0.3 is 6.18 Å². The van der Waals surface area contributed by atoms with Gasteiger partial charge in [0.1, 0.15) is 5.75 Å². The van der Waals surface area contributed by atoms with Crippen LogP contribution in [0.4, 0.5) is 24.5 Å². The lowest BCUT2D eigenvalue weighted by atomic mass is 10.0. The number of ether oxygens (including phenoxy) is 1. The number of amides is 2. The summed E-state index contributed by atoms with van der Waals surface area (Å²) < 4.78 is 45.2. The van der Waals surface area contributed by atoms with Crippen molar-refractivity contribution in [2.24, 2.45) is 0 Å². The van der Waals surface area contributed by atoms with Crippen LogP contribution < -0.4 is 15.0 Å². The largest absolute Gasteiger partial charge is 0.476 e. The van der Waals surface area contributed by atoms with Crippen LogP contribution in [0.1, 0.15) is 25.8 Å². The molecular formula is C20H18ClF3N2O3. The molecule has 1 N–H and O–H groups in total. The van der Waals surface area contributed by atoms with E-state index < -0.39 is 23.2 Å². The highest BCUT2D eigenvalue weighted by atomic mass is 35.5. The topological polar surface area (TPSA) is 58.6 Å². The number of hydrogen-bond acceptors (Lipinski definition) is 3. The fourth-order valence-electron chi connectivity index (χ4n) is 3.03. The number of hydrogen-bond donors (Lipinski definition) is 1. The van der Waals surface area contributed by atoms with E-state index in [9.17, 15) is 22.8 Å². The average molecular weight is 427 g/mol. The molecule has 0 saturated heterocycles. The van der Waals surface area contributed by atoms with Crippen molar-refractivity contribution in [3.8, 4) is 5.75 Å². The van der Waals surface area contributed by atoms with Crippen molar-refractivity contribution < 1.29 is 27.5 Å². The van der Waals surface area contributed by atoms with Crippen LogP contribution >= 0.6 is 11.6 Å². The number of nitrogens with one attached hydrogen (secondary N) is 1. The molecule has 29 heavy (non-hydrogen) atoms. The summed E-state index contributed by atoms with van der Waals surface area (Å²) in [5.41, 5.74) is -2.04. The zero-order valence-corrected chi connectivity index (χ0v) is 16.4. The molecule has 0 aliphatic carbocycles. The summed E-state index contributed by atoms with van der Waals surface area (Å²) in [6, 6.07) is 9.99. The number of fused-ring (bicyclic) bond motifs is 1. The Balaban J connectivity index is 1.76. The third-order valence-electron chi connectivity index (χ3n) is 4.40. The lowest BCUT2D eigenvalue weighted by Gasteiger charge is -2.38. The van der Waals surface area contributed by atoms with E-state index in [1.165, 1.54) is 11.0 Å². The van der Waals surface area contributed by atoms with Crippen LogP contribution in [-0.4, -0.2) is 24.0 Å². The fourth-order valence-corrected chi connectivity index (χ4v) is 3.20. The van der Waals surface area contributed by atoms with Gasteiger partial charge in [0.25, 0.3) is 5.91 Å². The van der Waals surface area contributed by atoms with E-state index in [0.29, 0.717) is 11.4 Å². The highest BCUT2D eigenvalue weighted by Gasteiger charge is 2.40. The predicted octanol–water partition coefficient (Wildman–Crippen LogP) is 4.89. The van der Waals surface area contributed by atoms with Crippen molar-refractivity contribution in [3.63, 3.8) is 0 Å². The summed E-state index contributed by atoms with van der Waals surface area (Å²) in [6.07, 6.45) is -4.87. The molecule has 2 aromatic carbocycles. The SMILES string of the molecule is CC1(C)Oc2ccccc2N(CCC(=O)Nc2ccc(Cl)cc2C(F)(F)F)C1=O. The second-order valence-corrected chi connectivity index (χ2v) is 7.46. The maximum absolute atomic E-state index is 13.2. The van der Waals surface area contributed by atoms with Crippen LogP contribution in [0.3, 0.4) is 0 Å². The van der Waals surface area contributed by atoms with Crippen LogP contribution in [0.15, 0.2) is 42.5 Å². The molecule has 0 atom stereocenters. The Bertz CT molecular complexity index is 960.